The van der Waals surface area contributed by atoms with E-state index < -0.39 is 0 Å². The third kappa shape index (κ3) is 4.67. The van der Waals surface area contributed by atoms with Gasteiger partial charge in [-0.15, -0.1) is 0 Å². The highest BCUT2D eigenvalue weighted by Gasteiger charge is 2.09. The number of rotatable bonds is 5. The number of carbonyl (C=O) groups is 1. The molecule has 2 aromatic heterocycles. The molecule has 0 saturated heterocycles. The van der Waals surface area contributed by atoms with Crippen molar-refractivity contribution in [2.24, 2.45) is 0 Å². The predicted octanol–water partition coefficient (Wildman–Crippen LogP) is 4.24. The maximum atomic E-state index is 12.1. The summed E-state index contributed by atoms with van der Waals surface area (Å²) >= 11 is 4.81. The lowest BCUT2D eigenvalue weighted by molar-refractivity contribution is -0.113. The van der Waals surface area contributed by atoms with E-state index in [1.807, 2.05) is 37.3 Å². The standard InChI is InChI=1S/C17H15BrN4O2S/c1-10-3-5-14(13(18)7-10)21-15(23)9-25-16-6-4-12(8-19-16)17-20-11(2)22-24-17/h3-8H,9H2,1-2H3,(H,21,23). The van der Waals surface area contributed by atoms with Crippen LogP contribution in [0.2, 0.25) is 0 Å². The molecule has 3 aromatic rings. The van der Waals surface area contributed by atoms with Gasteiger partial charge in [0.2, 0.25) is 5.91 Å². The summed E-state index contributed by atoms with van der Waals surface area (Å²) in [6.45, 7) is 3.76. The zero-order valence-electron chi connectivity index (χ0n) is 13.6. The Bertz CT molecular complexity index is 896. The maximum Gasteiger partial charge on any atom is 0.259 e. The summed E-state index contributed by atoms with van der Waals surface area (Å²) < 4.78 is 5.96. The molecule has 0 radical (unpaired) electrons. The van der Waals surface area contributed by atoms with Crippen LogP contribution in [0.25, 0.3) is 11.5 Å². The molecule has 1 N–H and O–H groups in total. The molecule has 1 amide bonds. The summed E-state index contributed by atoms with van der Waals surface area (Å²) in [5, 5.41) is 7.38. The zero-order valence-corrected chi connectivity index (χ0v) is 16.0. The van der Waals surface area contributed by atoms with Gasteiger partial charge in [0.05, 0.1) is 22.0 Å². The molecule has 0 fully saturated rings. The SMILES string of the molecule is Cc1ccc(NC(=O)CSc2ccc(-c3nc(C)no3)cn2)c(Br)c1. The number of amides is 1. The van der Waals surface area contributed by atoms with E-state index in [1.165, 1.54) is 11.8 Å². The van der Waals surface area contributed by atoms with E-state index in [1.54, 1.807) is 13.1 Å². The second kappa shape index (κ2) is 7.79. The van der Waals surface area contributed by atoms with Gasteiger partial charge in [0.1, 0.15) is 0 Å². The Morgan fingerprint density at radius 1 is 1.28 bits per heavy atom. The van der Waals surface area contributed by atoms with E-state index in [2.05, 4.69) is 36.4 Å². The van der Waals surface area contributed by atoms with Crippen molar-refractivity contribution in [3.8, 4) is 11.5 Å². The van der Waals surface area contributed by atoms with Gasteiger partial charge >= 0.3 is 0 Å². The van der Waals surface area contributed by atoms with Gasteiger partial charge in [0.15, 0.2) is 5.82 Å². The van der Waals surface area contributed by atoms with E-state index >= 15 is 0 Å². The molecule has 0 saturated carbocycles. The summed E-state index contributed by atoms with van der Waals surface area (Å²) in [4.78, 5) is 20.6. The fraction of sp³-hybridized carbons (Fsp3) is 0.176. The molecule has 0 aliphatic carbocycles. The van der Waals surface area contributed by atoms with Crippen LogP contribution in [0.1, 0.15) is 11.4 Å². The number of halogens is 1. The highest BCUT2D eigenvalue weighted by molar-refractivity contribution is 9.10. The predicted molar refractivity (Wildman–Crippen MR) is 100 cm³/mol. The molecule has 0 aliphatic heterocycles. The quantitative estimate of drug-likeness (QED) is 0.623. The molecule has 2 heterocycles. The third-order valence-corrected chi connectivity index (χ3v) is 4.86. The molecule has 128 valence electrons. The first-order valence-electron chi connectivity index (χ1n) is 7.47. The molecule has 6 nitrogen and oxygen atoms in total. The number of nitrogens with zero attached hydrogens (tertiary/aromatic N) is 3. The number of pyridine rings is 1. The second-order valence-electron chi connectivity index (χ2n) is 5.35. The molecule has 1 aromatic carbocycles. The fourth-order valence-electron chi connectivity index (χ4n) is 2.05. The van der Waals surface area contributed by atoms with Crippen molar-refractivity contribution < 1.29 is 9.32 Å². The Hall–Kier alpha value is -2.19. The molecular weight excluding hydrogens is 404 g/mol. The monoisotopic (exact) mass is 418 g/mol. The van der Waals surface area contributed by atoms with E-state index in [0.717, 1.165) is 26.3 Å². The lowest BCUT2D eigenvalue weighted by Gasteiger charge is -2.08. The Kier molecular flexibility index (Phi) is 5.50. The summed E-state index contributed by atoms with van der Waals surface area (Å²) in [5.74, 6) is 1.19. The average Bonchev–Trinajstić information content (AvgIpc) is 3.02. The average molecular weight is 419 g/mol. The number of hydrogen-bond acceptors (Lipinski definition) is 6. The topological polar surface area (TPSA) is 80.9 Å². The number of aryl methyl sites for hydroxylation is 2. The van der Waals surface area contributed by atoms with Crippen molar-refractivity contribution in [1.29, 1.82) is 0 Å². The van der Waals surface area contributed by atoms with Crippen molar-refractivity contribution in [2.45, 2.75) is 18.9 Å². The Morgan fingerprint density at radius 3 is 2.76 bits per heavy atom. The molecule has 0 bridgehead atoms. The number of thioether (sulfide) groups is 1. The van der Waals surface area contributed by atoms with Crippen LogP contribution in [-0.4, -0.2) is 26.8 Å². The molecule has 0 spiro atoms. The summed E-state index contributed by atoms with van der Waals surface area (Å²) in [6.07, 6.45) is 1.66. The second-order valence-corrected chi connectivity index (χ2v) is 7.20. The minimum atomic E-state index is -0.0899. The van der Waals surface area contributed by atoms with Gasteiger partial charge in [-0.3, -0.25) is 4.79 Å². The van der Waals surface area contributed by atoms with E-state index in [9.17, 15) is 4.79 Å². The van der Waals surface area contributed by atoms with Crippen LogP contribution < -0.4 is 5.32 Å². The van der Waals surface area contributed by atoms with E-state index in [0.29, 0.717) is 11.7 Å². The fourth-order valence-corrected chi connectivity index (χ4v) is 3.29. The lowest BCUT2D eigenvalue weighted by Crippen LogP contribution is -2.14. The normalized spacial score (nSPS) is 10.7. The van der Waals surface area contributed by atoms with Gasteiger partial charge < -0.3 is 9.84 Å². The first-order chi connectivity index (χ1) is 12.0. The largest absolute Gasteiger partial charge is 0.334 e. The van der Waals surface area contributed by atoms with E-state index in [4.69, 9.17) is 4.52 Å². The minimum absolute atomic E-state index is 0.0899. The number of benzene rings is 1. The highest BCUT2D eigenvalue weighted by Crippen LogP contribution is 2.24. The number of nitrogens with one attached hydrogen (secondary N) is 1. The van der Waals surface area contributed by atoms with Gasteiger partial charge in [0.25, 0.3) is 5.89 Å². The molecule has 0 aliphatic rings. The van der Waals surface area contributed by atoms with Crippen LogP contribution in [-0.2, 0) is 4.79 Å². The van der Waals surface area contributed by atoms with Crippen molar-refractivity contribution in [1.82, 2.24) is 15.1 Å². The molecule has 25 heavy (non-hydrogen) atoms. The highest BCUT2D eigenvalue weighted by atomic mass is 79.9. The van der Waals surface area contributed by atoms with E-state index in [-0.39, 0.29) is 11.7 Å². The third-order valence-electron chi connectivity index (χ3n) is 3.26. The Morgan fingerprint density at radius 2 is 2.12 bits per heavy atom. The molecular formula is C17H15BrN4O2S. The van der Waals surface area contributed by atoms with Crippen LogP contribution in [0.5, 0.6) is 0 Å². The van der Waals surface area contributed by atoms with Crippen molar-refractivity contribution >= 4 is 39.3 Å². The van der Waals surface area contributed by atoms with Gasteiger partial charge in [-0.2, -0.15) is 4.98 Å². The Labute approximate surface area is 157 Å². The number of anilines is 1. The van der Waals surface area contributed by atoms with Crippen LogP contribution in [0.3, 0.4) is 0 Å². The molecule has 0 atom stereocenters. The molecule has 0 unspecified atom stereocenters. The number of carbonyl (C=O) groups excluding carboxylic acids is 1. The van der Waals surface area contributed by atoms with Crippen molar-refractivity contribution in [3.05, 3.63) is 52.4 Å². The molecule has 8 heteroatoms. The van der Waals surface area contributed by atoms with Crippen LogP contribution >= 0.6 is 27.7 Å². The lowest BCUT2D eigenvalue weighted by atomic mass is 10.2. The number of aromatic nitrogens is 3. The first-order valence-corrected chi connectivity index (χ1v) is 9.24. The van der Waals surface area contributed by atoms with Crippen molar-refractivity contribution in [3.63, 3.8) is 0 Å². The minimum Gasteiger partial charge on any atom is -0.334 e. The summed E-state index contributed by atoms with van der Waals surface area (Å²) in [6, 6.07) is 9.46. The van der Waals surface area contributed by atoms with Gasteiger partial charge in [-0.1, -0.05) is 23.0 Å². The zero-order chi connectivity index (χ0) is 17.8. The Balaban J connectivity index is 1.57. The van der Waals surface area contributed by atoms with Gasteiger partial charge in [-0.25, -0.2) is 4.98 Å². The van der Waals surface area contributed by atoms with Crippen LogP contribution in [0.4, 0.5) is 5.69 Å². The maximum absolute atomic E-state index is 12.1. The van der Waals surface area contributed by atoms with Crippen molar-refractivity contribution in [2.75, 3.05) is 11.1 Å². The number of hydrogen-bond donors (Lipinski definition) is 1. The van der Waals surface area contributed by atoms with Gasteiger partial charge in [0, 0.05) is 10.7 Å². The smallest absolute Gasteiger partial charge is 0.259 e. The summed E-state index contributed by atoms with van der Waals surface area (Å²) in [5.41, 5.74) is 2.63. The van der Waals surface area contributed by atoms with Crippen LogP contribution in [0, 0.1) is 13.8 Å². The van der Waals surface area contributed by atoms with Crippen LogP contribution in [0.15, 0.2) is 50.6 Å². The van der Waals surface area contributed by atoms with Gasteiger partial charge in [-0.05, 0) is 59.6 Å². The summed E-state index contributed by atoms with van der Waals surface area (Å²) in [7, 11) is 0. The molecule has 3 rings (SSSR count). The first kappa shape index (κ1) is 17.6.